The fraction of sp³-hybridized carbons (Fsp3) is 0.267. The van der Waals surface area contributed by atoms with Crippen LogP contribution < -0.4 is 4.74 Å². The number of carbonyl (C=O) groups excluding carboxylic acids is 1. The SMILES string of the molecule is Cc1ccc(C(=O)c2cncc(OC(C)C)c2)cn1. The lowest BCUT2D eigenvalue weighted by Crippen LogP contribution is -2.08. The monoisotopic (exact) mass is 256 g/mol. The summed E-state index contributed by atoms with van der Waals surface area (Å²) >= 11 is 0. The third-order valence-electron chi connectivity index (χ3n) is 2.52. The normalized spacial score (nSPS) is 10.5. The van der Waals surface area contributed by atoms with Crippen molar-refractivity contribution in [1.82, 2.24) is 9.97 Å². The van der Waals surface area contributed by atoms with Gasteiger partial charge in [-0.15, -0.1) is 0 Å². The number of ketones is 1. The Hall–Kier alpha value is -2.23. The number of hydrogen-bond donors (Lipinski definition) is 0. The molecule has 0 saturated heterocycles. The number of aryl methyl sites for hydroxylation is 1. The highest BCUT2D eigenvalue weighted by molar-refractivity contribution is 6.08. The van der Waals surface area contributed by atoms with Crippen molar-refractivity contribution in [2.24, 2.45) is 0 Å². The summed E-state index contributed by atoms with van der Waals surface area (Å²) in [6, 6.07) is 5.28. The van der Waals surface area contributed by atoms with Gasteiger partial charge in [0.1, 0.15) is 5.75 Å². The molecular formula is C15H16N2O2. The summed E-state index contributed by atoms with van der Waals surface area (Å²) in [5, 5.41) is 0. The minimum Gasteiger partial charge on any atom is -0.489 e. The van der Waals surface area contributed by atoms with Gasteiger partial charge in [0.25, 0.3) is 0 Å². The van der Waals surface area contributed by atoms with Gasteiger partial charge in [0, 0.05) is 29.2 Å². The molecule has 0 atom stereocenters. The molecule has 2 rings (SSSR count). The van der Waals surface area contributed by atoms with Crippen LogP contribution in [0.4, 0.5) is 0 Å². The van der Waals surface area contributed by atoms with E-state index in [1.54, 1.807) is 24.5 Å². The summed E-state index contributed by atoms with van der Waals surface area (Å²) < 4.78 is 5.53. The van der Waals surface area contributed by atoms with Crippen molar-refractivity contribution in [1.29, 1.82) is 0 Å². The standard InChI is InChI=1S/C15H16N2O2/c1-10(2)19-14-6-13(7-16-9-14)15(18)12-5-4-11(3)17-8-12/h4-10H,1-3H3. The first-order valence-electron chi connectivity index (χ1n) is 6.15. The number of rotatable bonds is 4. The fourth-order valence-electron chi connectivity index (χ4n) is 1.65. The van der Waals surface area contributed by atoms with Gasteiger partial charge in [-0.1, -0.05) is 0 Å². The Morgan fingerprint density at radius 1 is 1.16 bits per heavy atom. The Morgan fingerprint density at radius 3 is 2.58 bits per heavy atom. The van der Waals surface area contributed by atoms with Gasteiger partial charge in [-0.3, -0.25) is 14.8 Å². The van der Waals surface area contributed by atoms with Gasteiger partial charge in [0.2, 0.25) is 0 Å². The van der Waals surface area contributed by atoms with Gasteiger partial charge in [-0.05, 0) is 39.0 Å². The molecule has 0 amide bonds. The maximum absolute atomic E-state index is 12.3. The molecule has 0 bridgehead atoms. The smallest absolute Gasteiger partial charge is 0.196 e. The molecule has 19 heavy (non-hydrogen) atoms. The van der Waals surface area contributed by atoms with Crippen molar-refractivity contribution < 1.29 is 9.53 Å². The van der Waals surface area contributed by atoms with Gasteiger partial charge in [-0.2, -0.15) is 0 Å². The Morgan fingerprint density at radius 2 is 1.95 bits per heavy atom. The van der Waals surface area contributed by atoms with Crippen molar-refractivity contribution in [2.45, 2.75) is 26.9 Å². The first-order chi connectivity index (χ1) is 9.06. The van der Waals surface area contributed by atoms with E-state index in [4.69, 9.17) is 4.74 Å². The maximum Gasteiger partial charge on any atom is 0.196 e. The number of hydrogen-bond acceptors (Lipinski definition) is 4. The van der Waals surface area contributed by atoms with Crippen LogP contribution in [0.3, 0.4) is 0 Å². The minimum absolute atomic E-state index is 0.0493. The lowest BCUT2D eigenvalue weighted by atomic mass is 10.1. The average Bonchev–Trinajstić information content (AvgIpc) is 2.38. The van der Waals surface area contributed by atoms with Gasteiger partial charge in [0.05, 0.1) is 12.3 Å². The van der Waals surface area contributed by atoms with Crippen molar-refractivity contribution in [3.8, 4) is 5.75 Å². The van der Waals surface area contributed by atoms with Crippen molar-refractivity contribution in [3.63, 3.8) is 0 Å². The van der Waals surface area contributed by atoms with Gasteiger partial charge < -0.3 is 4.74 Å². The predicted molar refractivity (Wildman–Crippen MR) is 72.4 cm³/mol. The van der Waals surface area contributed by atoms with Crippen LogP contribution in [0.5, 0.6) is 5.75 Å². The zero-order chi connectivity index (χ0) is 13.8. The third kappa shape index (κ3) is 3.37. The van der Waals surface area contributed by atoms with Crippen LogP contribution in [0.25, 0.3) is 0 Å². The van der Waals surface area contributed by atoms with Gasteiger partial charge in [-0.25, -0.2) is 0 Å². The first kappa shape index (κ1) is 13.2. The van der Waals surface area contributed by atoms with E-state index in [9.17, 15) is 4.79 Å². The molecule has 4 heteroatoms. The van der Waals surface area contributed by atoms with E-state index in [0.29, 0.717) is 16.9 Å². The van der Waals surface area contributed by atoms with Gasteiger partial charge in [0.15, 0.2) is 5.78 Å². The molecule has 0 N–H and O–H groups in total. The summed E-state index contributed by atoms with van der Waals surface area (Å²) in [6.45, 7) is 5.74. The summed E-state index contributed by atoms with van der Waals surface area (Å²) in [5.74, 6) is 0.495. The molecule has 0 spiro atoms. The molecule has 0 unspecified atom stereocenters. The quantitative estimate of drug-likeness (QED) is 0.789. The second-order valence-corrected chi connectivity index (χ2v) is 4.59. The molecule has 0 aliphatic carbocycles. The van der Waals surface area contributed by atoms with Crippen molar-refractivity contribution in [3.05, 3.63) is 53.6 Å². The molecule has 2 aromatic rings. The second-order valence-electron chi connectivity index (χ2n) is 4.59. The van der Waals surface area contributed by atoms with E-state index >= 15 is 0 Å². The lowest BCUT2D eigenvalue weighted by molar-refractivity contribution is 0.103. The average molecular weight is 256 g/mol. The molecule has 0 saturated carbocycles. The summed E-state index contributed by atoms with van der Waals surface area (Å²) in [5.41, 5.74) is 1.93. The van der Waals surface area contributed by atoms with E-state index < -0.39 is 0 Å². The van der Waals surface area contributed by atoms with Crippen LogP contribution in [0.15, 0.2) is 36.8 Å². The summed E-state index contributed by atoms with van der Waals surface area (Å²) in [6.07, 6.45) is 4.76. The molecule has 2 aromatic heterocycles. The molecule has 4 nitrogen and oxygen atoms in total. The Bertz CT molecular complexity index is 577. The molecule has 0 aliphatic heterocycles. The number of nitrogens with zero attached hydrogens (tertiary/aromatic N) is 2. The zero-order valence-electron chi connectivity index (χ0n) is 11.3. The van der Waals surface area contributed by atoms with Crippen LogP contribution in [0, 0.1) is 6.92 Å². The van der Waals surface area contributed by atoms with Gasteiger partial charge >= 0.3 is 0 Å². The first-order valence-corrected chi connectivity index (χ1v) is 6.15. The highest BCUT2D eigenvalue weighted by Crippen LogP contribution is 2.16. The van der Waals surface area contributed by atoms with E-state index in [2.05, 4.69) is 9.97 Å². The Labute approximate surface area is 112 Å². The van der Waals surface area contributed by atoms with Crippen LogP contribution in [0.1, 0.15) is 35.5 Å². The minimum atomic E-state index is -0.103. The molecule has 98 valence electrons. The molecular weight excluding hydrogens is 240 g/mol. The van der Waals surface area contributed by atoms with Crippen LogP contribution in [0.2, 0.25) is 0 Å². The summed E-state index contributed by atoms with van der Waals surface area (Å²) in [7, 11) is 0. The Kier molecular flexibility index (Phi) is 3.90. The highest BCUT2D eigenvalue weighted by atomic mass is 16.5. The van der Waals surface area contributed by atoms with E-state index in [1.807, 2.05) is 26.8 Å². The number of carbonyl (C=O) groups is 1. The number of ether oxygens (including phenoxy) is 1. The Balaban J connectivity index is 2.26. The molecule has 0 aromatic carbocycles. The predicted octanol–water partition coefficient (Wildman–Crippen LogP) is 2.80. The number of aromatic nitrogens is 2. The summed E-state index contributed by atoms with van der Waals surface area (Å²) in [4.78, 5) is 20.4. The van der Waals surface area contributed by atoms with Crippen LogP contribution >= 0.6 is 0 Å². The third-order valence-corrected chi connectivity index (χ3v) is 2.52. The lowest BCUT2D eigenvalue weighted by Gasteiger charge is -2.09. The molecule has 0 aliphatic rings. The molecule has 0 radical (unpaired) electrons. The second kappa shape index (κ2) is 5.61. The van der Waals surface area contributed by atoms with Crippen LogP contribution in [-0.4, -0.2) is 21.9 Å². The maximum atomic E-state index is 12.3. The van der Waals surface area contributed by atoms with E-state index in [1.165, 1.54) is 6.20 Å². The highest BCUT2D eigenvalue weighted by Gasteiger charge is 2.11. The van der Waals surface area contributed by atoms with E-state index in [0.717, 1.165) is 5.69 Å². The largest absolute Gasteiger partial charge is 0.489 e. The fourth-order valence-corrected chi connectivity index (χ4v) is 1.65. The van der Waals surface area contributed by atoms with Crippen LogP contribution in [-0.2, 0) is 0 Å². The molecule has 2 heterocycles. The number of pyridine rings is 2. The van der Waals surface area contributed by atoms with Crippen molar-refractivity contribution in [2.75, 3.05) is 0 Å². The topological polar surface area (TPSA) is 52.1 Å². The zero-order valence-corrected chi connectivity index (χ0v) is 11.3. The van der Waals surface area contributed by atoms with E-state index in [-0.39, 0.29) is 11.9 Å². The molecule has 0 fully saturated rings. The van der Waals surface area contributed by atoms with Crippen molar-refractivity contribution >= 4 is 5.78 Å².